The lowest BCUT2D eigenvalue weighted by Crippen LogP contribution is -2.40. The van der Waals surface area contributed by atoms with Crippen LogP contribution in [0.2, 0.25) is 0 Å². The molecule has 2 rings (SSSR count). The Bertz CT molecular complexity index is 422. The average molecular weight is 249 g/mol. The maximum absolute atomic E-state index is 11.9. The first-order chi connectivity index (χ1) is 8.72. The van der Waals surface area contributed by atoms with Gasteiger partial charge in [0.1, 0.15) is 5.75 Å². The van der Waals surface area contributed by atoms with Crippen LogP contribution < -0.4 is 5.32 Å². The van der Waals surface area contributed by atoms with E-state index < -0.39 is 0 Å². The van der Waals surface area contributed by atoms with Gasteiger partial charge in [0.2, 0.25) is 0 Å². The number of nitrogens with one attached hydrogen (secondary N) is 1. The van der Waals surface area contributed by atoms with Crippen molar-refractivity contribution in [3.05, 3.63) is 24.0 Å². The second-order valence-corrected chi connectivity index (χ2v) is 4.51. The van der Waals surface area contributed by atoms with Crippen molar-refractivity contribution in [2.45, 2.75) is 25.8 Å². The maximum Gasteiger partial charge on any atom is 0.273 e. The predicted octanol–water partition coefficient (Wildman–Crippen LogP) is 1.00. The number of nitrogens with zero attached hydrogens (tertiary/aromatic N) is 2. The summed E-state index contributed by atoms with van der Waals surface area (Å²) in [6.07, 6.45) is 3.80. The van der Waals surface area contributed by atoms with Gasteiger partial charge in [0.25, 0.3) is 5.91 Å². The highest BCUT2D eigenvalue weighted by atomic mass is 16.3. The summed E-state index contributed by atoms with van der Waals surface area (Å²) < 4.78 is 0. The van der Waals surface area contributed by atoms with E-state index in [1.807, 2.05) is 0 Å². The lowest BCUT2D eigenvalue weighted by Gasteiger charge is -2.22. The molecule has 2 heterocycles. The smallest absolute Gasteiger partial charge is 0.273 e. The van der Waals surface area contributed by atoms with Gasteiger partial charge in [0.05, 0.1) is 0 Å². The van der Waals surface area contributed by atoms with E-state index in [-0.39, 0.29) is 17.4 Å². The Morgan fingerprint density at radius 3 is 3.22 bits per heavy atom. The molecular formula is C13H19N3O2. The number of carbonyl (C=O) groups is 1. The molecule has 1 aliphatic rings. The summed E-state index contributed by atoms with van der Waals surface area (Å²) in [5, 5.41) is 12.4. The monoisotopic (exact) mass is 249 g/mol. The number of likely N-dealkylation sites (N-methyl/N-ethyl adjacent to an activating group) is 1. The minimum atomic E-state index is -0.309. The number of aromatic hydroxyl groups is 1. The summed E-state index contributed by atoms with van der Waals surface area (Å²) in [6.45, 7) is 4.86. The zero-order valence-electron chi connectivity index (χ0n) is 10.6. The van der Waals surface area contributed by atoms with Crippen LogP contribution in [0.4, 0.5) is 0 Å². The Kier molecular flexibility index (Phi) is 4.15. The van der Waals surface area contributed by atoms with Crippen LogP contribution in [0.3, 0.4) is 0 Å². The summed E-state index contributed by atoms with van der Waals surface area (Å²) >= 11 is 0. The Morgan fingerprint density at radius 1 is 1.67 bits per heavy atom. The van der Waals surface area contributed by atoms with E-state index in [0.717, 1.165) is 19.5 Å². The van der Waals surface area contributed by atoms with Crippen molar-refractivity contribution in [3.63, 3.8) is 0 Å². The van der Waals surface area contributed by atoms with Gasteiger partial charge < -0.3 is 10.4 Å². The number of hydrogen-bond acceptors (Lipinski definition) is 4. The molecule has 18 heavy (non-hydrogen) atoms. The van der Waals surface area contributed by atoms with Gasteiger partial charge in [-0.3, -0.25) is 9.69 Å². The van der Waals surface area contributed by atoms with E-state index in [4.69, 9.17) is 0 Å². The summed E-state index contributed by atoms with van der Waals surface area (Å²) in [5.41, 5.74) is 0.0959. The van der Waals surface area contributed by atoms with Crippen LogP contribution in [0.15, 0.2) is 18.3 Å². The van der Waals surface area contributed by atoms with Gasteiger partial charge in [0, 0.05) is 18.8 Å². The molecule has 5 nitrogen and oxygen atoms in total. The van der Waals surface area contributed by atoms with Gasteiger partial charge in [-0.1, -0.05) is 6.92 Å². The van der Waals surface area contributed by atoms with Crippen molar-refractivity contribution in [1.29, 1.82) is 0 Å². The lowest BCUT2D eigenvalue weighted by atomic mass is 10.2. The van der Waals surface area contributed by atoms with E-state index in [2.05, 4.69) is 22.1 Å². The standard InChI is InChI=1S/C13H19N3O2/c1-2-16-8-4-5-10(16)9-15-13(18)12-11(17)6-3-7-14-12/h3,6-7,10,17H,2,4-5,8-9H2,1H3,(H,15,18). The lowest BCUT2D eigenvalue weighted by molar-refractivity contribution is 0.0933. The second kappa shape index (κ2) is 5.82. The number of carbonyl (C=O) groups excluding carboxylic acids is 1. The molecule has 1 aromatic rings. The topological polar surface area (TPSA) is 65.5 Å². The molecule has 1 saturated heterocycles. The number of amides is 1. The Hall–Kier alpha value is -1.62. The molecule has 0 bridgehead atoms. The first-order valence-electron chi connectivity index (χ1n) is 6.38. The van der Waals surface area contributed by atoms with Crippen molar-refractivity contribution in [2.24, 2.45) is 0 Å². The highest BCUT2D eigenvalue weighted by Gasteiger charge is 2.23. The quantitative estimate of drug-likeness (QED) is 0.835. The Labute approximate surface area is 107 Å². The number of rotatable bonds is 4. The van der Waals surface area contributed by atoms with Crippen molar-refractivity contribution < 1.29 is 9.90 Å². The average Bonchev–Trinajstić information content (AvgIpc) is 2.84. The van der Waals surface area contributed by atoms with Crippen LogP contribution in [0.1, 0.15) is 30.3 Å². The molecule has 1 amide bonds. The number of aromatic nitrogens is 1. The molecule has 0 radical (unpaired) electrons. The molecule has 1 atom stereocenters. The van der Waals surface area contributed by atoms with Crippen LogP contribution in [0.5, 0.6) is 5.75 Å². The van der Waals surface area contributed by atoms with Crippen LogP contribution in [-0.2, 0) is 0 Å². The highest BCUT2D eigenvalue weighted by Crippen LogP contribution is 2.16. The van der Waals surface area contributed by atoms with Gasteiger partial charge in [-0.15, -0.1) is 0 Å². The first-order valence-corrected chi connectivity index (χ1v) is 6.38. The molecule has 0 spiro atoms. The summed E-state index contributed by atoms with van der Waals surface area (Å²) in [5.74, 6) is -0.384. The van der Waals surface area contributed by atoms with E-state index in [0.29, 0.717) is 12.6 Å². The third-order valence-corrected chi connectivity index (χ3v) is 3.40. The molecule has 0 saturated carbocycles. The third-order valence-electron chi connectivity index (χ3n) is 3.40. The minimum absolute atomic E-state index is 0.0752. The predicted molar refractivity (Wildman–Crippen MR) is 68.5 cm³/mol. The number of hydrogen-bond donors (Lipinski definition) is 2. The normalized spacial score (nSPS) is 19.9. The molecule has 5 heteroatoms. The van der Waals surface area contributed by atoms with Gasteiger partial charge in [0.15, 0.2) is 5.69 Å². The fourth-order valence-corrected chi connectivity index (χ4v) is 2.41. The number of pyridine rings is 1. The van der Waals surface area contributed by atoms with E-state index in [1.165, 1.54) is 18.7 Å². The first kappa shape index (κ1) is 12.8. The second-order valence-electron chi connectivity index (χ2n) is 4.51. The Morgan fingerprint density at radius 2 is 2.50 bits per heavy atom. The maximum atomic E-state index is 11.9. The van der Waals surface area contributed by atoms with Gasteiger partial charge >= 0.3 is 0 Å². The molecule has 98 valence electrons. The van der Waals surface area contributed by atoms with Gasteiger partial charge in [-0.05, 0) is 38.1 Å². The van der Waals surface area contributed by atoms with Gasteiger partial charge in [-0.2, -0.15) is 0 Å². The third kappa shape index (κ3) is 2.79. The molecule has 1 aromatic heterocycles. The minimum Gasteiger partial charge on any atom is -0.505 e. The van der Waals surface area contributed by atoms with Crippen molar-refractivity contribution in [3.8, 4) is 5.75 Å². The molecular weight excluding hydrogens is 230 g/mol. The van der Waals surface area contributed by atoms with Crippen LogP contribution >= 0.6 is 0 Å². The molecule has 0 aromatic carbocycles. The Balaban J connectivity index is 1.91. The van der Waals surface area contributed by atoms with E-state index in [9.17, 15) is 9.90 Å². The SMILES string of the molecule is CCN1CCCC1CNC(=O)c1ncccc1O. The van der Waals surface area contributed by atoms with Crippen LogP contribution in [-0.4, -0.2) is 46.6 Å². The summed E-state index contributed by atoms with van der Waals surface area (Å²) in [6, 6.07) is 3.47. The summed E-state index contributed by atoms with van der Waals surface area (Å²) in [7, 11) is 0. The number of likely N-dealkylation sites (tertiary alicyclic amines) is 1. The highest BCUT2D eigenvalue weighted by molar-refractivity contribution is 5.94. The van der Waals surface area contributed by atoms with Crippen molar-refractivity contribution >= 4 is 5.91 Å². The van der Waals surface area contributed by atoms with Crippen LogP contribution in [0.25, 0.3) is 0 Å². The molecule has 1 fully saturated rings. The van der Waals surface area contributed by atoms with E-state index in [1.54, 1.807) is 6.07 Å². The van der Waals surface area contributed by atoms with Crippen LogP contribution in [0, 0.1) is 0 Å². The zero-order chi connectivity index (χ0) is 13.0. The fourth-order valence-electron chi connectivity index (χ4n) is 2.41. The van der Waals surface area contributed by atoms with Gasteiger partial charge in [-0.25, -0.2) is 4.98 Å². The summed E-state index contributed by atoms with van der Waals surface area (Å²) in [4.78, 5) is 18.1. The molecule has 1 aliphatic heterocycles. The van der Waals surface area contributed by atoms with Crippen molar-refractivity contribution in [2.75, 3.05) is 19.6 Å². The fraction of sp³-hybridized carbons (Fsp3) is 0.538. The molecule has 0 aliphatic carbocycles. The van der Waals surface area contributed by atoms with E-state index >= 15 is 0 Å². The largest absolute Gasteiger partial charge is 0.505 e. The van der Waals surface area contributed by atoms with Crippen molar-refractivity contribution in [1.82, 2.24) is 15.2 Å². The zero-order valence-corrected chi connectivity index (χ0v) is 10.6. The molecule has 1 unspecified atom stereocenters. The molecule has 2 N–H and O–H groups in total.